The van der Waals surface area contributed by atoms with Crippen molar-refractivity contribution in [2.45, 2.75) is 48.7 Å². The molecule has 7 N–H and O–H groups in total. The van der Waals surface area contributed by atoms with E-state index in [1.54, 1.807) is 0 Å². The molecule has 2 aliphatic heterocycles. The highest BCUT2D eigenvalue weighted by atomic mass is 16.7. The molecular formula is C19H26O13. The Balaban J connectivity index is 1.64. The molecule has 0 unspecified atom stereocenters. The van der Waals surface area contributed by atoms with Crippen LogP contribution in [0.1, 0.15) is 10.4 Å². The van der Waals surface area contributed by atoms with Crippen molar-refractivity contribution >= 4 is 5.97 Å². The predicted octanol–water partition coefficient (Wildman–Crippen LogP) is -3.18. The maximum atomic E-state index is 12.4. The van der Waals surface area contributed by atoms with Gasteiger partial charge in [-0.05, 0) is 18.2 Å². The lowest BCUT2D eigenvalue weighted by Crippen LogP contribution is -2.60. The van der Waals surface area contributed by atoms with Gasteiger partial charge in [-0.3, -0.25) is 0 Å². The Bertz CT molecular complexity index is 803. The average Bonchev–Trinajstić information content (AvgIpc) is 3.07. The molecule has 8 atom stereocenters. The molecule has 0 saturated carbocycles. The van der Waals surface area contributed by atoms with Gasteiger partial charge in [-0.1, -0.05) is 0 Å². The Morgan fingerprint density at radius 3 is 2.50 bits per heavy atom. The van der Waals surface area contributed by atoms with Crippen molar-refractivity contribution in [3.63, 3.8) is 0 Å². The molecule has 0 aliphatic carbocycles. The highest BCUT2D eigenvalue weighted by Crippen LogP contribution is 2.29. The molecule has 2 fully saturated rings. The van der Waals surface area contributed by atoms with Gasteiger partial charge in [0.1, 0.15) is 36.1 Å². The van der Waals surface area contributed by atoms with Crippen molar-refractivity contribution in [3.8, 4) is 11.5 Å². The second-order valence-corrected chi connectivity index (χ2v) is 7.53. The highest BCUT2D eigenvalue weighted by molar-refractivity contribution is 5.90. The summed E-state index contributed by atoms with van der Waals surface area (Å²) in [6.45, 7) is -1.67. The molecule has 0 aromatic heterocycles. The molecule has 0 radical (unpaired) electrons. The zero-order valence-electron chi connectivity index (χ0n) is 17.0. The van der Waals surface area contributed by atoms with E-state index >= 15 is 0 Å². The second kappa shape index (κ2) is 9.82. The number of aromatic hydroxyl groups is 1. The van der Waals surface area contributed by atoms with Gasteiger partial charge in [0.25, 0.3) is 0 Å². The van der Waals surface area contributed by atoms with E-state index in [9.17, 15) is 35.4 Å². The van der Waals surface area contributed by atoms with Gasteiger partial charge >= 0.3 is 5.97 Å². The van der Waals surface area contributed by atoms with Crippen LogP contribution in [-0.4, -0.2) is 117 Å². The third-order valence-corrected chi connectivity index (χ3v) is 5.31. The van der Waals surface area contributed by atoms with E-state index in [2.05, 4.69) is 0 Å². The molecule has 2 heterocycles. The van der Waals surface area contributed by atoms with Crippen molar-refractivity contribution in [1.29, 1.82) is 0 Å². The highest BCUT2D eigenvalue weighted by Gasteiger charge is 2.50. The minimum absolute atomic E-state index is 0.00394. The number of esters is 1. The van der Waals surface area contributed by atoms with Crippen molar-refractivity contribution in [2.24, 2.45) is 0 Å². The normalized spacial score (nSPS) is 37.3. The number of carbonyl (C=O) groups excluding carboxylic acids is 1. The van der Waals surface area contributed by atoms with Crippen LogP contribution in [0.2, 0.25) is 0 Å². The van der Waals surface area contributed by atoms with Crippen LogP contribution in [0.5, 0.6) is 11.5 Å². The third-order valence-electron chi connectivity index (χ3n) is 5.31. The standard InChI is InChI=1S/C19H26O13/c1-28-10-4-8(2-3-9(10)21)16(26)32-17-14(24)13(23)12(22)11(31-17)5-29-18-15(25)19(27,6-20)7-30-18/h2-4,11-15,17-18,20-25,27H,5-7H2,1H3/t11-,12-,13-,14-,15-,17+,18+,19+/m1/s1. The number of methoxy groups -OCH3 is 1. The summed E-state index contributed by atoms with van der Waals surface area (Å²) >= 11 is 0. The topological polar surface area (TPSA) is 205 Å². The minimum Gasteiger partial charge on any atom is -0.504 e. The van der Waals surface area contributed by atoms with Crippen LogP contribution in [0, 0.1) is 0 Å². The molecule has 3 rings (SSSR count). The molecule has 2 saturated heterocycles. The van der Waals surface area contributed by atoms with Gasteiger partial charge < -0.3 is 59.4 Å². The first-order valence-corrected chi connectivity index (χ1v) is 9.63. The molecule has 180 valence electrons. The van der Waals surface area contributed by atoms with Gasteiger partial charge in [0.15, 0.2) is 17.8 Å². The SMILES string of the molecule is COc1cc(C(=O)O[C@@H]2O[C@H](CO[C@H]3OC[C@@](O)(CO)[C@@H]3O)[C@@H](O)[C@@H](O)[C@H]2O)ccc1O. The summed E-state index contributed by atoms with van der Waals surface area (Å²) in [7, 11) is 1.28. The molecule has 1 aromatic rings. The number of ether oxygens (including phenoxy) is 5. The largest absolute Gasteiger partial charge is 0.504 e. The van der Waals surface area contributed by atoms with Crippen molar-refractivity contribution in [1.82, 2.24) is 0 Å². The quantitative estimate of drug-likeness (QED) is 0.200. The summed E-state index contributed by atoms with van der Waals surface area (Å²) in [6, 6.07) is 3.63. The minimum atomic E-state index is -1.92. The molecule has 0 spiro atoms. The number of benzene rings is 1. The van der Waals surface area contributed by atoms with Crippen LogP contribution in [0.3, 0.4) is 0 Å². The Kier molecular flexibility index (Phi) is 7.54. The molecule has 2 aliphatic rings. The predicted molar refractivity (Wildman–Crippen MR) is 100 cm³/mol. The van der Waals surface area contributed by atoms with E-state index < -0.39 is 74.5 Å². The van der Waals surface area contributed by atoms with Gasteiger partial charge in [0, 0.05) is 0 Å². The fraction of sp³-hybridized carbons (Fsp3) is 0.632. The molecular weight excluding hydrogens is 436 g/mol. The molecule has 13 nitrogen and oxygen atoms in total. The summed E-state index contributed by atoms with van der Waals surface area (Å²) in [5, 5.41) is 69.2. The lowest BCUT2D eigenvalue weighted by atomic mass is 9.99. The fourth-order valence-corrected chi connectivity index (χ4v) is 3.25. The number of phenolic OH excluding ortho intramolecular Hbond substituents is 1. The second-order valence-electron chi connectivity index (χ2n) is 7.53. The smallest absolute Gasteiger partial charge is 0.340 e. The monoisotopic (exact) mass is 462 g/mol. The van der Waals surface area contributed by atoms with Crippen LogP contribution in [0.4, 0.5) is 0 Å². The summed E-state index contributed by atoms with van der Waals surface area (Å²) < 4.78 is 25.7. The first kappa shape index (κ1) is 24.6. The number of aliphatic hydroxyl groups excluding tert-OH is 5. The lowest BCUT2D eigenvalue weighted by molar-refractivity contribution is -0.295. The maximum Gasteiger partial charge on any atom is 0.340 e. The van der Waals surface area contributed by atoms with Crippen LogP contribution in [-0.2, 0) is 18.9 Å². The number of phenols is 1. The van der Waals surface area contributed by atoms with E-state index in [0.717, 1.165) is 0 Å². The number of aliphatic hydroxyl groups is 6. The van der Waals surface area contributed by atoms with Gasteiger partial charge in [-0.2, -0.15) is 0 Å². The fourth-order valence-electron chi connectivity index (χ4n) is 3.25. The zero-order chi connectivity index (χ0) is 23.6. The van der Waals surface area contributed by atoms with E-state index in [1.165, 1.54) is 25.3 Å². The molecule has 1 aromatic carbocycles. The number of carbonyl (C=O) groups is 1. The number of hydrogen-bond acceptors (Lipinski definition) is 13. The first-order chi connectivity index (χ1) is 15.1. The van der Waals surface area contributed by atoms with Crippen LogP contribution in [0.15, 0.2) is 18.2 Å². The van der Waals surface area contributed by atoms with Crippen molar-refractivity contribution in [2.75, 3.05) is 26.9 Å². The van der Waals surface area contributed by atoms with Crippen molar-refractivity contribution in [3.05, 3.63) is 23.8 Å². The van der Waals surface area contributed by atoms with Crippen LogP contribution < -0.4 is 4.74 Å². The van der Waals surface area contributed by atoms with Crippen molar-refractivity contribution < 1.29 is 64.2 Å². The van der Waals surface area contributed by atoms with Gasteiger partial charge in [0.05, 0.1) is 32.5 Å². The summed E-state index contributed by atoms with van der Waals surface area (Å²) in [5.41, 5.74) is -1.97. The van der Waals surface area contributed by atoms with E-state index in [0.29, 0.717) is 0 Å². The Morgan fingerprint density at radius 2 is 1.88 bits per heavy atom. The van der Waals surface area contributed by atoms with Crippen LogP contribution >= 0.6 is 0 Å². The zero-order valence-corrected chi connectivity index (χ0v) is 17.0. The Morgan fingerprint density at radius 1 is 1.16 bits per heavy atom. The van der Waals surface area contributed by atoms with Crippen LogP contribution in [0.25, 0.3) is 0 Å². The lowest BCUT2D eigenvalue weighted by Gasteiger charge is -2.40. The molecule has 0 bridgehead atoms. The third kappa shape index (κ3) is 4.80. The Labute approximate surface area is 181 Å². The van der Waals surface area contributed by atoms with E-state index in [-0.39, 0.29) is 17.1 Å². The van der Waals surface area contributed by atoms with E-state index in [1.807, 2.05) is 0 Å². The van der Waals surface area contributed by atoms with Gasteiger partial charge in [0.2, 0.25) is 6.29 Å². The number of rotatable bonds is 7. The van der Waals surface area contributed by atoms with Gasteiger partial charge in [-0.15, -0.1) is 0 Å². The maximum absolute atomic E-state index is 12.4. The van der Waals surface area contributed by atoms with E-state index in [4.69, 9.17) is 28.8 Å². The average molecular weight is 462 g/mol. The number of hydrogen-bond donors (Lipinski definition) is 7. The Hall–Kier alpha value is -2.07. The molecule has 0 amide bonds. The van der Waals surface area contributed by atoms with Gasteiger partial charge in [-0.25, -0.2) is 4.79 Å². The summed E-state index contributed by atoms with van der Waals surface area (Å²) in [5.74, 6) is -1.18. The molecule has 13 heteroatoms. The summed E-state index contributed by atoms with van der Waals surface area (Å²) in [4.78, 5) is 12.4. The summed E-state index contributed by atoms with van der Waals surface area (Å²) in [6.07, 6.45) is -11.2. The first-order valence-electron chi connectivity index (χ1n) is 9.63. The molecule has 32 heavy (non-hydrogen) atoms.